The van der Waals surface area contributed by atoms with Gasteiger partial charge < -0.3 is 19.9 Å². The largest absolute Gasteiger partial charge is 0.378 e. The van der Waals surface area contributed by atoms with Crippen LogP contribution in [0.4, 0.5) is 20.2 Å². The number of morpholine rings is 1. The van der Waals surface area contributed by atoms with Gasteiger partial charge in [-0.25, -0.2) is 13.8 Å². The van der Waals surface area contributed by atoms with Gasteiger partial charge in [-0.2, -0.15) is 0 Å². The fourth-order valence-electron chi connectivity index (χ4n) is 5.14. The van der Waals surface area contributed by atoms with Crippen molar-refractivity contribution in [2.75, 3.05) is 36.5 Å². The third-order valence-corrected chi connectivity index (χ3v) is 7.19. The number of hydrogen-bond acceptors (Lipinski definition) is 5. The zero-order valence-electron chi connectivity index (χ0n) is 19.3. The van der Waals surface area contributed by atoms with Gasteiger partial charge in [-0.05, 0) is 48.7 Å². The predicted octanol–water partition coefficient (Wildman–Crippen LogP) is 4.51. The Morgan fingerprint density at radius 2 is 1.91 bits per heavy atom. The molecule has 3 heterocycles. The molecule has 2 aromatic carbocycles. The number of aromatic nitrogens is 2. The number of nitrogens with zero attached hydrogens (tertiary/aromatic N) is 3. The van der Waals surface area contributed by atoms with Crippen molar-refractivity contribution in [2.45, 2.75) is 38.2 Å². The molecule has 7 nitrogen and oxygen atoms in total. The molecule has 0 unspecified atom stereocenters. The van der Waals surface area contributed by atoms with E-state index >= 15 is 0 Å². The Balaban J connectivity index is 1.21. The van der Waals surface area contributed by atoms with E-state index in [1.165, 1.54) is 0 Å². The van der Waals surface area contributed by atoms with E-state index in [1.807, 2.05) is 24.3 Å². The number of imidazole rings is 1. The third kappa shape index (κ3) is 4.40. The van der Waals surface area contributed by atoms with E-state index in [0.717, 1.165) is 59.9 Å². The number of fused-ring (bicyclic) bond motifs is 2. The van der Waals surface area contributed by atoms with Gasteiger partial charge in [0.2, 0.25) is 11.8 Å². The second-order valence-electron chi connectivity index (χ2n) is 9.54. The van der Waals surface area contributed by atoms with Crippen LogP contribution in [0.15, 0.2) is 41.4 Å². The molecule has 0 spiro atoms. The van der Waals surface area contributed by atoms with E-state index in [4.69, 9.17) is 14.7 Å². The van der Waals surface area contributed by atoms with Gasteiger partial charge in [0.25, 0.3) is 0 Å². The Bertz CT molecular complexity index is 1300. The van der Waals surface area contributed by atoms with Gasteiger partial charge in [0.05, 0.1) is 30.8 Å². The lowest BCUT2D eigenvalue weighted by Crippen LogP contribution is -2.36. The van der Waals surface area contributed by atoms with Crippen molar-refractivity contribution in [1.82, 2.24) is 9.97 Å². The average Bonchev–Trinajstić information content (AvgIpc) is 3.47. The molecule has 2 fully saturated rings. The third-order valence-electron chi connectivity index (χ3n) is 7.19. The Labute approximate surface area is 201 Å². The number of anilines is 2. The summed E-state index contributed by atoms with van der Waals surface area (Å²) in [4.78, 5) is 27.9. The number of amides is 1. The number of halogens is 2. The molecule has 1 saturated heterocycles. The lowest BCUT2D eigenvalue weighted by atomic mass is 9.86. The number of carbonyl (C=O) groups is 1. The minimum atomic E-state index is -2.65. The molecule has 2 N–H and O–H groups in total. The molecular formula is C26H27F2N5O2. The Morgan fingerprint density at radius 3 is 2.71 bits per heavy atom. The van der Waals surface area contributed by atoms with Crippen molar-refractivity contribution in [3.63, 3.8) is 0 Å². The van der Waals surface area contributed by atoms with E-state index in [2.05, 4.69) is 27.3 Å². The molecule has 3 aliphatic rings. The molecule has 1 aliphatic carbocycles. The van der Waals surface area contributed by atoms with Crippen molar-refractivity contribution in [3.05, 3.63) is 53.3 Å². The smallest absolute Gasteiger partial charge is 0.248 e. The maximum Gasteiger partial charge on any atom is 0.248 e. The van der Waals surface area contributed by atoms with Crippen molar-refractivity contribution in [3.8, 4) is 0 Å². The lowest BCUT2D eigenvalue weighted by Gasteiger charge is -2.28. The SMILES string of the molecule is O=C(Nc1ccc2c(c1)C(c1nc3ccc(N4CCOCC4)cc3[nH]1)=NC2)C1CCC(F)(F)CC1. The van der Waals surface area contributed by atoms with Crippen LogP contribution in [0.3, 0.4) is 0 Å². The van der Waals surface area contributed by atoms with Gasteiger partial charge >= 0.3 is 0 Å². The zero-order valence-corrected chi connectivity index (χ0v) is 19.3. The van der Waals surface area contributed by atoms with Gasteiger partial charge in [-0.3, -0.25) is 9.79 Å². The number of alkyl halides is 2. The summed E-state index contributed by atoms with van der Waals surface area (Å²) in [5, 5.41) is 2.93. The number of rotatable bonds is 4. The van der Waals surface area contributed by atoms with Gasteiger partial charge in [0.15, 0.2) is 5.82 Å². The molecule has 0 atom stereocenters. The summed E-state index contributed by atoms with van der Waals surface area (Å²) in [6.45, 7) is 3.74. The standard InChI is InChI=1S/C26H27F2N5O2/c27-26(28)7-5-16(6-8-26)25(34)30-18-2-1-17-15-29-23(20(17)13-18)24-31-21-4-3-19(14-22(21)32-24)33-9-11-35-12-10-33/h1-4,13-14,16H,5-12,15H2,(H,30,34)(H,31,32). The number of ether oxygens (including phenoxy) is 1. The highest BCUT2D eigenvalue weighted by atomic mass is 19.3. The summed E-state index contributed by atoms with van der Waals surface area (Å²) in [6.07, 6.45) is -0.0411. The number of nitrogens with one attached hydrogen (secondary N) is 2. The van der Waals surface area contributed by atoms with Crippen LogP contribution in [0.2, 0.25) is 0 Å². The number of carbonyl (C=O) groups excluding carboxylic acids is 1. The van der Waals surface area contributed by atoms with E-state index < -0.39 is 5.92 Å². The second-order valence-corrected chi connectivity index (χ2v) is 9.54. The topological polar surface area (TPSA) is 82.6 Å². The second kappa shape index (κ2) is 8.71. The highest BCUT2D eigenvalue weighted by Crippen LogP contribution is 2.37. The molecule has 3 aromatic rings. The molecule has 0 bridgehead atoms. The molecular weight excluding hydrogens is 452 g/mol. The highest BCUT2D eigenvalue weighted by molar-refractivity contribution is 6.14. The quantitative estimate of drug-likeness (QED) is 0.577. The van der Waals surface area contributed by atoms with Gasteiger partial charge in [0, 0.05) is 48.8 Å². The monoisotopic (exact) mass is 479 g/mol. The van der Waals surface area contributed by atoms with Gasteiger partial charge in [0.1, 0.15) is 5.71 Å². The maximum atomic E-state index is 13.5. The number of H-pyrrole nitrogens is 1. The molecule has 1 saturated carbocycles. The minimum absolute atomic E-state index is 0.198. The molecule has 9 heteroatoms. The summed E-state index contributed by atoms with van der Waals surface area (Å²) in [5.41, 5.74) is 6.33. The van der Waals surface area contributed by atoms with Crippen LogP contribution in [0.1, 0.15) is 42.6 Å². The fraction of sp³-hybridized carbons (Fsp3) is 0.423. The Hall–Kier alpha value is -3.33. The molecule has 182 valence electrons. The van der Waals surface area contributed by atoms with Crippen LogP contribution >= 0.6 is 0 Å². The minimum Gasteiger partial charge on any atom is -0.378 e. The zero-order chi connectivity index (χ0) is 24.0. The van der Waals surface area contributed by atoms with Crippen LogP contribution in [-0.4, -0.2) is 53.8 Å². The summed E-state index contributed by atoms with van der Waals surface area (Å²) in [5.74, 6) is -2.54. The number of aliphatic imine (C=N–C) groups is 1. The van der Waals surface area contributed by atoms with E-state index in [9.17, 15) is 13.6 Å². The summed E-state index contributed by atoms with van der Waals surface area (Å²) in [7, 11) is 0. The average molecular weight is 480 g/mol. The molecule has 35 heavy (non-hydrogen) atoms. The first-order valence-corrected chi connectivity index (χ1v) is 12.1. The normalized spacial score (nSPS) is 20.1. The van der Waals surface area contributed by atoms with Crippen molar-refractivity contribution in [2.24, 2.45) is 10.9 Å². The highest BCUT2D eigenvalue weighted by Gasteiger charge is 2.37. The van der Waals surface area contributed by atoms with Gasteiger partial charge in [-0.1, -0.05) is 6.07 Å². The summed E-state index contributed by atoms with van der Waals surface area (Å²) < 4.78 is 32.4. The molecule has 1 amide bonds. The van der Waals surface area contributed by atoms with Crippen LogP contribution in [-0.2, 0) is 16.1 Å². The predicted molar refractivity (Wildman–Crippen MR) is 130 cm³/mol. The maximum absolute atomic E-state index is 13.5. The van der Waals surface area contributed by atoms with E-state index in [1.54, 1.807) is 0 Å². The van der Waals surface area contributed by atoms with Crippen LogP contribution < -0.4 is 10.2 Å². The van der Waals surface area contributed by atoms with Crippen molar-refractivity contribution >= 4 is 34.0 Å². The summed E-state index contributed by atoms with van der Waals surface area (Å²) >= 11 is 0. The van der Waals surface area contributed by atoms with Crippen LogP contribution in [0.5, 0.6) is 0 Å². The Morgan fingerprint density at radius 1 is 1.11 bits per heavy atom. The van der Waals surface area contributed by atoms with E-state index in [-0.39, 0.29) is 37.5 Å². The number of aromatic amines is 1. The molecule has 6 rings (SSSR count). The molecule has 0 radical (unpaired) electrons. The van der Waals surface area contributed by atoms with Crippen molar-refractivity contribution < 1.29 is 18.3 Å². The fourth-order valence-corrected chi connectivity index (χ4v) is 5.14. The number of hydrogen-bond donors (Lipinski definition) is 2. The first kappa shape index (κ1) is 22.2. The molecule has 1 aromatic heterocycles. The van der Waals surface area contributed by atoms with Crippen LogP contribution in [0, 0.1) is 5.92 Å². The Kier molecular flexibility index (Phi) is 5.51. The first-order chi connectivity index (χ1) is 16.9. The van der Waals surface area contributed by atoms with Crippen molar-refractivity contribution in [1.29, 1.82) is 0 Å². The first-order valence-electron chi connectivity index (χ1n) is 12.1. The summed E-state index contributed by atoms with van der Waals surface area (Å²) in [6, 6.07) is 11.9. The van der Waals surface area contributed by atoms with Gasteiger partial charge in [-0.15, -0.1) is 0 Å². The number of benzene rings is 2. The van der Waals surface area contributed by atoms with Crippen LogP contribution in [0.25, 0.3) is 11.0 Å². The lowest BCUT2D eigenvalue weighted by molar-refractivity contribution is -0.124. The van der Waals surface area contributed by atoms with E-state index in [0.29, 0.717) is 18.1 Å². The molecule has 2 aliphatic heterocycles.